The Kier molecular flexibility index (Phi) is 7.67. The number of anilines is 3. The molecule has 9 heteroatoms. The summed E-state index contributed by atoms with van der Waals surface area (Å²) < 4.78 is 0. The molecule has 0 bridgehead atoms. The molecule has 5 rings (SSSR count). The van der Waals surface area contributed by atoms with E-state index in [4.69, 9.17) is 4.98 Å². The molecular weight excluding hydrogens is 502 g/mol. The lowest BCUT2D eigenvalue weighted by atomic mass is 10.0. The van der Waals surface area contributed by atoms with Crippen LogP contribution in [0.2, 0.25) is 0 Å². The SMILES string of the molecule is Cc1cc(C)c(CN(C(=O)c2cc(Nc3ccc(N4CCN(C)CC4)nc3)cc3[nH]cc(C)c23)C(C)C)c(=O)[nH]1. The quantitative estimate of drug-likeness (QED) is 0.313. The Morgan fingerprint density at radius 2 is 1.80 bits per heavy atom. The normalized spacial score (nSPS) is 14.2. The average Bonchev–Trinajstić information content (AvgIpc) is 3.28. The summed E-state index contributed by atoms with van der Waals surface area (Å²) in [5.74, 6) is 0.855. The number of amides is 1. The fraction of sp³-hybridized carbons (Fsp3) is 0.387. The number of nitrogens with one attached hydrogen (secondary N) is 3. The standard InChI is InChI=1S/C31H39N7O2/c1-19(2)38(18-26-20(3)13-22(5)34-30(26)39)31(40)25-14-24(15-27-29(25)21(4)16-32-27)35-23-7-8-28(33-17-23)37-11-9-36(6)10-12-37/h7-8,13-17,19,32,35H,9-12,18H2,1-6H3,(H,34,39). The number of carbonyl (C=O) groups excluding carboxylic acids is 1. The van der Waals surface area contributed by atoms with Crippen LogP contribution in [-0.4, -0.2) is 69.9 Å². The molecule has 4 aromatic rings. The third kappa shape index (κ3) is 5.60. The second-order valence-electron chi connectivity index (χ2n) is 11.2. The zero-order valence-corrected chi connectivity index (χ0v) is 24.3. The highest BCUT2D eigenvalue weighted by Crippen LogP contribution is 2.30. The van der Waals surface area contributed by atoms with Crippen LogP contribution < -0.4 is 15.8 Å². The summed E-state index contributed by atoms with van der Waals surface area (Å²) in [7, 11) is 2.14. The third-order valence-electron chi connectivity index (χ3n) is 7.78. The molecule has 0 spiro atoms. The van der Waals surface area contributed by atoms with E-state index < -0.39 is 0 Å². The van der Waals surface area contributed by atoms with E-state index >= 15 is 0 Å². The van der Waals surface area contributed by atoms with Crippen molar-refractivity contribution in [3.8, 4) is 0 Å². The number of aromatic nitrogens is 3. The molecular formula is C31H39N7O2. The highest BCUT2D eigenvalue weighted by Gasteiger charge is 2.25. The van der Waals surface area contributed by atoms with Crippen molar-refractivity contribution in [1.82, 2.24) is 24.8 Å². The van der Waals surface area contributed by atoms with Crippen LogP contribution in [0.25, 0.3) is 10.9 Å². The number of benzene rings is 1. The zero-order chi connectivity index (χ0) is 28.6. The number of rotatable bonds is 7. The fourth-order valence-electron chi connectivity index (χ4n) is 5.42. The lowest BCUT2D eigenvalue weighted by molar-refractivity contribution is 0.0691. The topological polar surface area (TPSA) is 100 Å². The first-order valence-corrected chi connectivity index (χ1v) is 13.9. The predicted octanol–water partition coefficient (Wildman–Crippen LogP) is 4.72. The summed E-state index contributed by atoms with van der Waals surface area (Å²) >= 11 is 0. The molecule has 1 fully saturated rings. The Labute approximate surface area is 235 Å². The minimum atomic E-state index is -0.151. The highest BCUT2D eigenvalue weighted by atomic mass is 16.2. The second-order valence-corrected chi connectivity index (χ2v) is 11.2. The van der Waals surface area contributed by atoms with E-state index in [0.717, 1.165) is 71.1 Å². The number of hydrogen-bond acceptors (Lipinski definition) is 6. The third-order valence-corrected chi connectivity index (χ3v) is 7.78. The molecule has 1 saturated heterocycles. The van der Waals surface area contributed by atoms with Gasteiger partial charge in [-0.05, 0) is 83.1 Å². The van der Waals surface area contributed by atoms with Crippen molar-refractivity contribution in [2.24, 2.45) is 0 Å². The first-order valence-electron chi connectivity index (χ1n) is 13.9. The monoisotopic (exact) mass is 541 g/mol. The van der Waals surface area contributed by atoms with Gasteiger partial charge in [0.25, 0.3) is 11.5 Å². The molecule has 1 aromatic carbocycles. The maximum Gasteiger partial charge on any atom is 0.255 e. The molecule has 0 unspecified atom stereocenters. The van der Waals surface area contributed by atoms with Gasteiger partial charge in [-0.3, -0.25) is 9.59 Å². The number of H-pyrrole nitrogens is 2. The van der Waals surface area contributed by atoms with Crippen LogP contribution in [0.4, 0.5) is 17.2 Å². The minimum Gasteiger partial charge on any atom is -0.361 e. The summed E-state index contributed by atoms with van der Waals surface area (Å²) in [6, 6.07) is 9.83. The van der Waals surface area contributed by atoms with Crippen molar-refractivity contribution in [2.75, 3.05) is 43.4 Å². The molecule has 3 N–H and O–H groups in total. The molecule has 1 amide bonds. The number of aromatic amines is 2. The number of pyridine rings is 2. The molecule has 0 aliphatic carbocycles. The number of aryl methyl sites for hydroxylation is 3. The smallest absolute Gasteiger partial charge is 0.255 e. The number of fused-ring (bicyclic) bond motifs is 1. The lowest BCUT2D eigenvalue weighted by Crippen LogP contribution is -2.44. The molecule has 9 nitrogen and oxygen atoms in total. The molecule has 0 atom stereocenters. The number of nitrogens with zero attached hydrogens (tertiary/aromatic N) is 4. The summed E-state index contributed by atoms with van der Waals surface area (Å²) in [6.45, 7) is 14.0. The molecule has 4 heterocycles. The summed E-state index contributed by atoms with van der Waals surface area (Å²) in [5.41, 5.74) is 6.25. The molecule has 1 aliphatic rings. The molecule has 0 radical (unpaired) electrons. The molecule has 3 aromatic heterocycles. The first-order chi connectivity index (χ1) is 19.1. The summed E-state index contributed by atoms with van der Waals surface area (Å²) in [5, 5.41) is 4.33. The average molecular weight is 542 g/mol. The van der Waals surface area contributed by atoms with Crippen molar-refractivity contribution < 1.29 is 4.79 Å². The lowest BCUT2D eigenvalue weighted by Gasteiger charge is -2.33. The van der Waals surface area contributed by atoms with Gasteiger partial charge in [0.05, 0.1) is 24.0 Å². The van der Waals surface area contributed by atoms with Crippen molar-refractivity contribution >= 4 is 34.0 Å². The van der Waals surface area contributed by atoms with Crippen LogP contribution >= 0.6 is 0 Å². The Morgan fingerprint density at radius 3 is 2.45 bits per heavy atom. The number of carbonyl (C=O) groups is 1. The van der Waals surface area contributed by atoms with E-state index in [1.807, 2.05) is 77.3 Å². The maximum absolute atomic E-state index is 14.1. The van der Waals surface area contributed by atoms with Crippen LogP contribution in [0.5, 0.6) is 0 Å². The fourth-order valence-corrected chi connectivity index (χ4v) is 5.42. The highest BCUT2D eigenvalue weighted by molar-refractivity contribution is 6.09. The van der Waals surface area contributed by atoms with E-state index in [9.17, 15) is 9.59 Å². The van der Waals surface area contributed by atoms with Gasteiger partial charge in [0.15, 0.2) is 0 Å². The second kappa shape index (κ2) is 11.2. The Morgan fingerprint density at radius 1 is 1.05 bits per heavy atom. The number of piperazine rings is 1. The van der Waals surface area contributed by atoms with Gasteiger partial charge in [0.2, 0.25) is 0 Å². The van der Waals surface area contributed by atoms with E-state index in [1.165, 1.54) is 0 Å². The van der Waals surface area contributed by atoms with Gasteiger partial charge < -0.3 is 30.0 Å². The van der Waals surface area contributed by atoms with Gasteiger partial charge >= 0.3 is 0 Å². The van der Waals surface area contributed by atoms with Crippen molar-refractivity contribution in [1.29, 1.82) is 0 Å². The molecule has 1 aliphatic heterocycles. The van der Waals surface area contributed by atoms with Gasteiger partial charge in [0, 0.05) is 66.3 Å². The number of likely N-dealkylation sites (N-methyl/N-ethyl adjacent to an activating group) is 1. The first kappa shape index (κ1) is 27.5. The van der Waals surface area contributed by atoms with Gasteiger partial charge in [-0.15, -0.1) is 0 Å². The van der Waals surface area contributed by atoms with E-state index in [-0.39, 0.29) is 24.1 Å². The van der Waals surface area contributed by atoms with E-state index in [1.54, 1.807) is 4.90 Å². The molecule has 210 valence electrons. The molecule has 0 saturated carbocycles. The van der Waals surface area contributed by atoms with Crippen molar-refractivity contribution in [2.45, 2.75) is 47.2 Å². The zero-order valence-electron chi connectivity index (χ0n) is 24.3. The van der Waals surface area contributed by atoms with E-state index in [2.05, 4.69) is 32.1 Å². The summed E-state index contributed by atoms with van der Waals surface area (Å²) in [6.07, 6.45) is 3.76. The van der Waals surface area contributed by atoms with Crippen LogP contribution in [0.15, 0.2) is 47.5 Å². The Balaban J connectivity index is 1.44. The number of hydrogen-bond donors (Lipinski definition) is 3. The summed E-state index contributed by atoms with van der Waals surface area (Å²) in [4.78, 5) is 44.2. The van der Waals surface area contributed by atoms with Crippen molar-refractivity contribution in [3.05, 3.63) is 81.0 Å². The van der Waals surface area contributed by atoms with Gasteiger partial charge in [-0.2, -0.15) is 0 Å². The predicted molar refractivity (Wildman–Crippen MR) is 162 cm³/mol. The Bertz CT molecular complexity index is 1580. The minimum absolute atomic E-state index is 0.107. The van der Waals surface area contributed by atoms with Gasteiger partial charge in [0.1, 0.15) is 5.82 Å². The van der Waals surface area contributed by atoms with Gasteiger partial charge in [-0.25, -0.2) is 4.98 Å². The van der Waals surface area contributed by atoms with Crippen molar-refractivity contribution in [3.63, 3.8) is 0 Å². The van der Waals surface area contributed by atoms with Crippen LogP contribution in [0.3, 0.4) is 0 Å². The Hall–Kier alpha value is -4.11. The van der Waals surface area contributed by atoms with Crippen LogP contribution in [0.1, 0.15) is 46.6 Å². The van der Waals surface area contributed by atoms with Gasteiger partial charge in [-0.1, -0.05) is 0 Å². The maximum atomic E-state index is 14.1. The molecule has 40 heavy (non-hydrogen) atoms. The largest absolute Gasteiger partial charge is 0.361 e. The van der Waals surface area contributed by atoms with Crippen LogP contribution in [-0.2, 0) is 6.54 Å². The van der Waals surface area contributed by atoms with E-state index in [0.29, 0.717) is 11.1 Å². The van der Waals surface area contributed by atoms with Crippen LogP contribution in [0, 0.1) is 20.8 Å².